The summed E-state index contributed by atoms with van der Waals surface area (Å²) in [5.74, 6) is 1.10. The highest BCUT2D eigenvalue weighted by Gasteiger charge is 2.24. The third-order valence-corrected chi connectivity index (χ3v) is 6.12. The van der Waals surface area contributed by atoms with Crippen molar-refractivity contribution in [1.29, 1.82) is 0 Å². The number of carbonyl (C=O) groups is 1. The fourth-order valence-corrected chi connectivity index (χ4v) is 4.32. The van der Waals surface area contributed by atoms with Gasteiger partial charge in [0.15, 0.2) is 16.6 Å². The zero-order valence-corrected chi connectivity index (χ0v) is 22.2. The van der Waals surface area contributed by atoms with Crippen molar-refractivity contribution in [1.82, 2.24) is 9.88 Å². The molecule has 1 heterocycles. The Morgan fingerprint density at radius 3 is 2.15 bits per heavy atom. The summed E-state index contributed by atoms with van der Waals surface area (Å²) in [6.45, 7) is 1.36. The van der Waals surface area contributed by atoms with E-state index in [9.17, 15) is 4.79 Å². The van der Waals surface area contributed by atoms with E-state index in [1.807, 2.05) is 43.7 Å². The molecule has 2 aromatic carbocycles. The van der Waals surface area contributed by atoms with Gasteiger partial charge in [0.05, 0.1) is 27.0 Å². The standard InChI is InChI=1S/C24H28ClN3O4S.ClH/c1-27(2)11-6-12-28(24-26-19(15-33-24)16-7-9-18(25)10-8-16)23(29)17-13-20(30-3)22(32-5)21(14-17)31-4;/h7-10,13-15H,6,11-12H2,1-5H3;1H. The summed E-state index contributed by atoms with van der Waals surface area (Å²) >= 11 is 7.44. The molecule has 3 aromatic rings. The number of anilines is 1. The van der Waals surface area contributed by atoms with Crippen molar-refractivity contribution in [3.05, 3.63) is 52.4 Å². The monoisotopic (exact) mass is 525 g/mol. The minimum absolute atomic E-state index is 0. The summed E-state index contributed by atoms with van der Waals surface area (Å²) in [6, 6.07) is 10.8. The zero-order chi connectivity index (χ0) is 24.0. The third kappa shape index (κ3) is 6.54. The number of benzene rings is 2. The smallest absolute Gasteiger partial charge is 0.260 e. The number of rotatable bonds is 10. The number of aromatic nitrogens is 1. The number of hydrogen-bond donors (Lipinski definition) is 0. The fraction of sp³-hybridized carbons (Fsp3) is 0.333. The van der Waals surface area contributed by atoms with E-state index in [1.54, 1.807) is 17.0 Å². The first-order valence-electron chi connectivity index (χ1n) is 10.4. The summed E-state index contributed by atoms with van der Waals surface area (Å²) in [5, 5.41) is 3.23. The number of methoxy groups -OCH3 is 3. The van der Waals surface area contributed by atoms with E-state index in [2.05, 4.69) is 4.90 Å². The number of ether oxygens (including phenoxy) is 3. The Bertz CT molecular complexity index is 1070. The number of carbonyl (C=O) groups excluding carboxylic acids is 1. The average Bonchev–Trinajstić information content (AvgIpc) is 3.30. The molecule has 0 aliphatic carbocycles. The van der Waals surface area contributed by atoms with E-state index in [0.29, 0.717) is 39.5 Å². The molecular weight excluding hydrogens is 497 g/mol. The van der Waals surface area contributed by atoms with Crippen LogP contribution in [0.3, 0.4) is 0 Å². The number of hydrogen-bond acceptors (Lipinski definition) is 7. The zero-order valence-electron chi connectivity index (χ0n) is 19.8. The van der Waals surface area contributed by atoms with Crippen molar-refractivity contribution >= 4 is 46.4 Å². The Labute approximate surface area is 215 Å². The molecule has 0 saturated heterocycles. The van der Waals surface area contributed by atoms with Crippen LogP contribution in [0.2, 0.25) is 5.02 Å². The molecule has 1 amide bonds. The maximum Gasteiger partial charge on any atom is 0.260 e. The molecule has 0 aliphatic rings. The molecule has 34 heavy (non-hydrogen) atoms. The molecule has 10 heteroatoms. The van der Waals surface area contributed by atoms with E-state index in [0.717, 1.165) is 24.2 Å². The van der Waals surface area contributed by atoms with Gasteiger partial charge < -0.3 is 19.1 Å². The van der Waals surface area contributed by atoms with Gasteiger partial charge in [-0.15, -0.1) is 23.7 Å². The van der Waals surface area contributed by atoms with Crippen LogP contribution in [0, 0.1) is 0 Å². The van der Waals surface area contributed by atoms with Crippen molar-refractivity contribution in [3.63, 3.8) is 0 Å². The average molecular weight is 526 g/mol. The molecule has 184 valence electrons. The van der Waals surface area contributed by atoms with Crippen LogP contribution in [-0.2, 0) is 0 Å². The van der Waals surface area contributed by atoms with E-state index < -0.39 is 0 Å². The van der Waals surface area contributed by atoms with Gasteiger partial charge >= 0.3 is 0 Å². The second-order valence-corrected chi connectivity index (χ2v) is 8.82. The number of amides is 1. The number of nitrogens with zero attached hydrogens (tertiary/aromatic N) is 3. The van der Waals surface area contributed by atoms with Gasteiger partial charge in [-0.1, -0.05) is 23.7 Å². The molecule has 0 atom stereocenters. The van der Waals surface area contributed by atoms with Crippen molar-refractivity contribution < 1.29 is 19.0 Å². The van der Waals surface area contributed by atoms with Crippen molar-refractivity contribution in [2.75, 3.05) is 53.4 Å². The van der Waals surface area contributed by atoms with Crippen molar-refractivity contribution in [2.45, 2.75) is 6.42 Å². The molecular formula is C24H29Cl2N3O4S. The molecule has 0 aliphatic heterocycles. The van der Waals surface area contributed by atoms with Crippen LogP contribution in [-0.4, -0.2) is 64.3 Å². The van der Waals surface area contributed by atoms with Crippen molar-refractivity contribution in [3.8, 4) is 28.5 Å². The van der Waals surface area contributed by atoms with Crippen LogP contribution in [0.1, 0.15) is 16.8 Å². The van der Waals surface area contributed by atoms with Gasteiger partial charge in [0, 0.05) is 28.1 Å². The lowest BCUT2D eigenvalue weighted by Gasteiger charge is -2.22. The lowest BCUT2D eigenvalue weighted by molar-refractivity contribution is 0.0985. The molecule has 7 nitrogen and oxygen atoms in total. The number of thiazole rings is 1. The molecule has 0 fully saturated rings. The minimum Gasteiger partial charge on any atom is -0.493 e. The maximum atomic E-state index is 13.7. The minimum atomic E-state index is -0.190. The lowest BCUT2D eigenvalue weighted by atomic mass is 10.1. The van der Waals surface area contributed by atoms with Gasteiger partial charge in [-0.3, -0.25) is 9.69 Å². The van der Waals surface area contributed by atoms with Gasteiger partial charge in [-0.2, -0.15) is 0 Å². The quantitative estimate of drug-likeness (QED) is 0.347. The summed E-state index contributed by atoms with van der Waals surface area (Å²) in [6.07, 6.45) is 0.791. The Morgan fingerprint density at radius 1 is 1.00 bits per heavy atom. The Morgan fingerprint density at radius 2 is 1.62 bits per heavy atom. The molecule has 3 rings (SSSR count). The van der Waals surface area contributed by atoms with Crippen LogP contribution in [0.25, 0.3) is 11.3 Å². The second kappa shape index (κ2) is 12.8. The fourth-order valence-electron chi connectivity index (χ4n) is 3.33. The highest BCUT2D eigenvalue weighted by Crippen LogP contribution is 2.39. The van der Waals surface area contributed by atoms with Gasteiger partial charge in [0.2, 0.25) is 5.75 Å². The summed E-state index contributed by atoms with van der Waals surface area (Å²) in [5.41, 5.74) is 2.16. The van der Waals surface area contributed by atoms with Crippen molar-refractivity contribution in [2.24, 2.45) is 0 Å². The van der Waals surface area contributed by atoms with E-state index in [4.69, 9.17) is 30.8 Å². The van der Waals surface area contributed by atoms with Crippen LogP contribution >= 0.6 is 35.3 Å². The molecule has 0 bridgehead atoms. The Balaban J connectivity index is 0.00000408. The van der Waals surface area contributed by atoms with E-state index >= 15 is 0 Å². The Hall–Kier alpha value is -2.52. The predicted octanol–water partition coefficient (Wildman–Crippen LogP) is 5.51. The second-order valence-electron chi connectivity index (χ2n) is 7.55. The summed E-state index contributed by atoms with van der Waals surface area (Å²) < 4.78 is 16.3. The topological polar surface area (TPSA) is 64.1 Å². The first-order valence-corrected chi connectivity index (χ1v) is 11.6. The molecule has 0 radical (unpaired) electrons. The normalized spacial score (nSPS) is 10.6. The van der Waals surface area contributed by atoms with Crippen LogP contribution < -0.4 is 19.1 Å². The van der Waals surface area contributed by atoms with Gasteiger partial charge in [0.1, 0.15) is 0 Å². The molecule has 0 saturated carbocycles. The largest absolute Gasteiger partial charge is 0.493 e. The van der Waals surface area contributed by atoms with Gasteiger partial charge in [-0.25, -0.2) is 4.98 Å². The summed E-state index contributed by atoms with van der Waals surface area (Å²) in [4.78, 5) is 22.2. The van der Waals surface area contributed by atoms with Crippen LogP contribution in [0.15, 0.2) is 41.8 Å². The van der Waals surface area contributed by atoms with Crippen LogP contribution in [0.4, 0.5) is 5.13 Å². The van der Waals surface area contributed by atoms with Gasteiger partial charge in [0.25, 0.3) is 5.91 Å². The Kier molecular flexibility index (Phi) is 10.4. The molecule has 0 spiro atoms. The molecule has 0 unspecified atom stereocenters. The predicted molar refractivity (Wildman–Crippen MR) is 141 cm³/mol. The first-order chi connectivity index (χ1) is 15.9. The third-order valence-electron chi connectivity index (χ3n) is 5.01. The maximum absolute atomic E-state index is 13.7. The number of halogens is 2. The van der Waals surface area contributed by atoms with E-state index in [1.165, 1.54) is 32.7 Å². The summed E-state index contributed by atoms with van der Waals surface area (Å²) in [7, 11) is 8.60. The molecule has 1 aromatic heterocycles. The SMILES string of the molecule is COc1cc(C(=O)N(CCCN(C)C)c2nc(-c3ccc(Cl)cc3)cs2)cc(OC)c1OC.Cl. The highest BCUT2D eigenvalue weighted by atomic mass is 35.5. The first kappa shape index (κ1) is 27.7. The molecule has 0 N–H and O–H groups in total. The van der Waals surface area contributed by atoms with Gasteiger partial charge in [-0.05, 0) is 51.3 Å². The lowest BCUT2D eigenvalue weighted by Crippen LogP contribution is -2.33. The van der Waals surface area contributed by atoms with E-state index in [-0.39, 0.29) is 18.3 Å². The van der Waals surface area contributed by atoms with Crippen LogP contribution in [0.5, 0.6) is 17.2 Å². The highest BCUT2D eigenvalue weighted by molar-refractivity contribution is 7.14.